The summed E-state index contributed by atoms with van der Waals surface area (Å²) in [4.78, 5) is 29.5. The van der Waals surface area contributed by atoms with E-state index in [9.17, 15) is 9.59 Å². The highest BCUT2D eigenvalue weighted by Gasteiger charge is 2.17. The molecule has 0 saturated heterocycles. The van der Waals surface area contributed by atoms with Gasteiger partial charge in [0.25, 0.3) is 11.8 Å². The van der Waals surface area contributed by atoms with E-state index >= 15 is 0 Å². The summed E-state index contributed by atoms with van der Waals surface area (Å²) in [6, 6.07) is 7.89. The highest BCUT2D eigenvalue weighted by molar-refractivity contribution is 7.17. The van der Waals surface area contributed by atoms with Crippen molar-refractivity contribution in [3.8, 4) is 16.3 Å². The number of hydrazine groups is 1. The molecule has 0 unspecified atom stereocenters. The molecule has 0 aliphatic rings. The summed E-state index contributed by atoms with van der Waals surface area (Å²) in [6.45, 7) is 7.70. The minimum absolute atomic E-state index is 0.189. The zero-order chi connectivity index (χ0) is 21.0. The first-order valence-corrected chi connectivity index (χ1v) is 10.9. The minimum atomic E-state index is -0.435. The molecule has 2 N–H and O–H groups in total. The van der Waals surface area contributed by atoms with E-state index in [-0.39, 0.29) is 12.5 Å². The zero-order valence-corrected chi connectivity index (χ0v) is 18.4. The fourth-order valence-electron chi connectivity index (χ4n) is 2.72. The largest absolute Gasteiger partial charge is 0.483 e. The Morgan fingerprint density at radius 1 is 1.17 bits per heavy atom. The second kappa shape index (κ2) is 9.19. The Balaban J connectivity index is 1.56. The topological polar surface area (TPSA) is 80.3 Å². The monoisotopic (exact) mass is 429 g/mol. The number of carbonyl (C=O) groups is 2. The lowest BCUT2D eigenvalue weighted by Crippen LogP contribution is -2.43. The molecule has 0 aliphatic carbocycles. The number of nitrogens with one attached hydrogen (secondary N) is 2. The second-order valence-corrected chi connectivity index (χ2v) is 8.71. The third-order valence-electron chi connectivity index (χ3n) is 4.24. The SMILES string of the molecule is Cc1ccc(C(C)C)c(OCC(=O)NNC(=O)c2sc(-c3ccsc3)nc2C)c1. The number of amides is 2. The minimum Gasteiger partial charge on any atom is -0.483 e. The van der Waals surface area contributed by atoms with Crippen LogP contribution in [0.2, 0.25) is 0 Å². The van der Waals surface area contributed by atoms with Crippen LogP contribution >= 0.6 is 22.7 Å². The van der Waals surface area contributed by atoms with E-state index in [4.69, 9.17) is 4.74 Å². The van der Waals surface area contributed by atoms with Crippen LogP contribution in [-0.2, 0) is 4.79 Å². The van der Waals surface area contributed by atoms with Crippen LogP contribution in [0.5, 0.6) is 5.75 Å². The van der Waals surface area contributed by atoms with Crippen molar-refractivity contribution in [2.75, 3.05) is 6.61 Å². The normalized spacial score (nSPS) is 10.8. The average molecular weight is 430 g/mol. The van der Waals surface area contributed by atoms with Crippen LogP contribution in [0.3, 0.4) is 0 Å². The van der Waals surface area contributed by atoms with Gasteiger partial charge in [-0.05, 0) is 48.4 Å². The van der Waals surface area contributed by atoms with Crippen LogP contribution in [0, 0.1) is 13.8 Å². The van der Waals surface area contributed by atoms with Gasteiger partial charge in [-0.2, -0.15) is 11.3 Å². The molecule has 0 fully saturated rings. The molecule has 2 amide bonds. The van der Waals surface area contributed by atoms with Crippen molar-refractivity contribution in [2.45, 2.75) is 33.6 Å². The van der Waals surface area contributed by atoms with Crippen molar-refractivity contribution in [2.24, 2.45) is 0 Å². The smallest absolute Gasteiger partial charge is 0.281 e. The van der Waals surface area contributed by atoms with Crippen molar-refractivity contribution in [1.29, 1.82) is 0 Å². The van der Waals surface area contributed by atoms with E-state index in [1.165, 1.54) is 11.3 Å². The van der Waals surface area contributed by atoms with E-state index in [0.717, 1.165) is 21.7 Å². The third-order valence-corrected chi connectivity index (χ3v) is 6.12. The number of ether oxygens (including phenoxy) is 1. The Labute approximate surface area is 177 Å². The molecule has 0 aliphatic heterocycles. The molecule has 0 bridgehead atoms. The number of thiazole rings is 1. The maximum absolute atomic E-state index is 12.4. The molecular formula is C21H23N3O3S2. The summed E-state index contributed by atoms with van der Waals surface area (Å²) < 4.78 is 5.68. The van der Waals surface area contributed by atoms with Gasteiger partial charge >= 0.3 is 0 Å². The van der Waals surface area contributed by atoms with Gasteiger partial charge in [0.2, 0.25) is 0 Å². The van der Waals surface area contributed by atoms with Gasteiger partial charge in [0.15, 0.2) is 6.61 Å². The van der Waals surface area contributed by atoms with E-state index in [1.807, 2.05) is 41.9 Å². The molecule has 8 heteroatoms. The molecule has 0 radical (unpaired) electrons. The van der Waals surface area contributed by atoms with Crippen molar-refractivity contribution in [1.82, 2.24) is 15.8 Å². The Hall–Kier alpha value is -2.71. The Morgan fingerprint density at radius 3 is 2.66 bits per heavy atom. The van der Waals surface area contributed by atoms with Crippen LogP contribution in [0.1, 0.15) is 46.3 Å². The molecule has 2 aromatic heterocycles. The Morgan fingerprint density at radius 2 is 1.97 bits per heavy atom. The van der Waals surface area contributed by atoms with Gasteiger partial charge in [0.05, 0.1) is 5.69 Å². The quantitative estimate of drug-likeness (QED) is 0.567. The number of aryl methyl sites for hydroxylation is 2. The molecule has 3 rings (SSSR count). The average Bonchev–Trinajstić information content (AvgIpc) is 3.33. The van der Waals surface area contributed by atoms with Crippen LogP contribution in [0.4, 0.5) is 0 Å². The fraction of sp³-hybridized carbons (Fsp3) is 0.286. The fourth-order valence-corrected chi connectivity index (χ4v) is 4.40. The highest BCUT2D eigenvalue weighted by Crippen LogP contribution is 2.29. The lowest BCUT2D eigenvalue weighted by atomic mass is 10.0. The van der Waals surface area contributed by atoms with E-state index in [1.54, 1.807) is 18.3 Å². The molecule has 0 atom stereocenters. The first kappa shape index (κ1) is 21.0. The van der Waals surface area contributed by atoms with E-state index in [0.29, 0.717) is 16.3 Å². The van der Waals surface area contributed by atoms with Crippen LogP contribution < -0.4 is 15.6 Å². The lowest BCUT2D eigenvalue weighted by Gasteiger charge is -2.15. The van der Waals surface area contributed by atoms with Gasteiger partial charge in [0, 0.05) is 10.9 Å². The number of nitrogens with zero attached hydrogens (tertiary/aromatic N) is 1. The highest BCUT2D eigenvalue weighted by atomic mass is 32.1. The molecule has 1 aromatic carbocycles. The number of hydrogen-bond donors (Lipinski definition) is 2. The maximum Gasteiger partial charge on any atom is 0.281 e. The first-order chi connectivity index (χ1) is 13.8. The molecule has 6 nitrogen and oxygen atoms in total. The van der Waals surface area contributed by atoms with Crippen molar-refractivity contribution in [3.05, 3.63) is 56.7 Å². The Kier molecular flexibility index (Phi) is 6.66. The van der Waals surface area contributed by atoms with Gasteiger partial charge in [-0.1, -0.05) is 26.0 Å². The van der Waals surface area contributed by atoms with Gasteiger partial charge in [-0.3, -0.25) is 20.4 Å². The molecule has 0 spiro atoms. The molecule has 29 heavy (non-hydrogen) atoms. The third kappa shape index (κ3) is 5.21. The lowest BCUT2D eigenvalue weighted by molar-refractivity contribution is -0.123. The molecule has 2 heterocycles. The number of aromatic nitrogens is 1. The number of carbonyl (C=O) groups excluding carboxylic acids is 2. The number of benzene rings is 1. The summed E-state index contributed by atoms with van der Waals surface area (Å²) in [5.41, 5.74) is 8.54. The van der Waals surface area contributed by atoms with Crippen molar-refractivity contribution < 1.29 is 14.3 Å². The summed E-state index contributed by atoms with van der Waals surface area (Å²) in [5.74, 6) is 0.128. The number of hydrogen-bond acceptors (Lipinski definition) is 6. The first-order valence-electron chi connectivity index (χ1n) is 9.17. The summed E-state index contributed by atoms with van der Waals surface area (Å²) in [6.07, 6.45) is 0. The van der Waals surface area contributed by atoms with Gasteiger partial charge in [-0.15, -0.1) is 11.3 Å². The molecule has 152 valence electrons. The van der Waals surface area contributed by atoms with Gasteiger partial charge in [0.1, 0.15) is 15.6 Å². The van der Waals surface area contributed by atoms with Crippen molar-refractivity contribution in [3.63, 3.8) is 0 Å². The Bertz CT molecular complexity index is 1010. The van der Waals surface area contributed by atoms with Crippen LogP contribution in [0.15, 0.2) is 35.0 Å². The summed E-state index contributed by atoms with van der Waals surface area (Å²) in [5, 5.41) is 4.73. The standard InChI is InChI=1S/C21H23N3O3S2/c1-12(2)16-6-5-13(3)9-17(16)27-10-18(25)23-24-20(26)19-14(4)22-21(29-19)15-7-8-28-11-15/h5-9,11-12H,10H2,1-4H3,(H,23,25)(H,24,26). The predicted octanol–water partition coefficient (Wildman–Crippen LogP) is 4.45. The van der Waals surface area contributed by atoms with Gasteiger partial charge in [-0.25, -0.2) is 4.98 Å². The van der Waals surface area contributed by atoms with Crippen LogP contribution in [0.25, 0.3) is 10.6 Å². The molecule has 3 aromatic rings. The van der Waals surface area contributed by atoms with E-state index in [2.05, 4.69) is 29.7 Å². The maximum atomic E-state index is 12.4. The molecular weight excluding hydrogens is 406 g/mol. The second-order valence-electron chi connectivity index (χ2n) is 6.93. The summed E-state index contributed by atoms with van der Waals surface area (Å²) >= 11 is 2.87. The predicted molar refractivity (Wildman–Crippen MR) is 117 cm³/mol. The van der Waals surface area contributed by atoms with E-state index < -0.39 is 11.8 Å². The number of thiophene rings is 1. The number of rotatable bonds is 6. The zero-order valence-electron chi connectivity index (χ0n) is 16.7. The van der Waals surface area contributed by atoms with Gasteiger partial charge < -0.3 is 4.74 Å². The summed E-state index contributed by atoms with van der Waals surface area (Å²) in [7, 11) is 0. The van der Waals surface area contributed by atoms with Crippen LogP contribution in [-0.4, -0.2) is 23.4 Å². The molecule has 0 saturated carbocycles. The van der Waals surface area contributed by atoms with Crippen molar-refractivity contribution >= 4 is 34.5 Å².